The highest BCUT2D eigenvalue weighted by Crippen LogP contribution is 2.18. The Hall–Kier alpha value is -3.67. The number of pyridine rings is 1. The average Bonchev–Trinajstić information content (AvgIpc) is 3.18. The van der Waals surface area contributed by atoms with Crippen molar-refractivity contribution in [2.45, 2.75) is 32.7 Å². The first-order valence-corrected chi connectivity index (χ1v) is 11.0. The van der Waals surface area contributed by atoms with Gasteiger partial charge < -0.3 is 14.6 Å². The van der Waals surface area contributed by atoms with Gasteiger partial charge in [0.1, 0.15) is 11.6 Å². The highest BCUT2D eigenvalue weighted by atomic mass is 16.5. The van der Waals surface area contributed by atoms with Crippen molar-refractivity contribution in [2.75, 3.05) is 13.2 Å². The van der Waals surface area contributed by atoms with Crippen LogP contribution in [0, 0.1) is 6.92 Å². The van der Waals surface area contributed by atoms with Gasteiger partial charge in [-0.15, -0.1) is 0 Å². The van der Waals surface area contributed by atoms with E-state index in [-0.39, 0.29) is 5.91 Å². The van der Waals surface area contributed by atoms with Crippen molar-refractivity contribution in [1.29, 1.82) is 0 Å². The van der Waals surface area contributed by atoms with E-state index in [1.807, 2.05) is 30.3 Å². The van der Waals surface area contributed by atoms with Crippen molar-refractivity contribution in [2.24, 2.45) is 0 Å². The van der Waals surface area contributed by atoms with Crippen molar-refractivity contribution in [3.63, 3.8) is 0 Å². The van der Waals surface area contributed by atoms with Crippen LogP contribution in [0.15, 0.2) is 73.1 Å². The van der Waals surface area contributed by atoms with Crippen LogP contribution in [0.4, 0.5) is 0 Å². The lowest BCUT2D eigenvalue weighted by Gasteiger charge is -2.11. The van der Waals surface area contributed by atoms with Gasteiger partial charge in [0, 0.05) is 37.5 Å². The first-order chi connectivity index (χ1) is 15.7. The monoisotopic (exact) mass is 428 g/mol. The molecule has 6 heteroatoms. The standard InChI is InChI=1S/C26H28N4O2/c1-20-8-10-22(11-9-20)32-19-5-4-18-30-24-7-3-2-6-23(24)29-25(30)14-17-28-26(31)21-12-15-27-16-13-21/h2-3,6-13,15-16H,4-5,14,17-19H2,1H3,(H,28,31). The van der Waals surface area contributed by atoms with Gasteiger partial charge in [-0.25, -0.2) is 4.98 Å². The Kier molecular flexibility index (Phi) is 7.12. The smallest absolute Gasteiger partial charge is 0.251 e. The van der Waals surface area contributed by atoms with Crippen LogP contribution in [0.2, 0.25) is 0 Å². The molecule has 0 aliphatic heterocycles. The third kappa shape index (κ3) is 5.52. The Labute approximate surface area is 188 Å². The molecule has 0 atom stereocenters. The Morgan fingerprint density at radius 1 is 1.00 bits per heavy atom. The number of hydrogen-bond donors (Lipinski definition) is 1. The second-order valence-corrected chi connectivity index (χ2v) is 7.78. The molecule has 0 bridgehead atoms. The van der Waals surface area contributed by atoms with E-state index in [0.29, 0.717) is 25.1 Å². The molecule has 0 spiro atoms. The van der Waals surface area contributed by atoms with Crippen LogP contribution in [-0.2, 0) is 13.0 Å². The van der Waals surface area contributed by atoms with Crippen LogP contribution in [0.1, 0.15) is 34.6 Å². The predicted octanol–water partition coefficient (Wildman–Crippen LogP) is 4.57. The molecule has 6 nitrogen and oxygen atoms in total. The molecule has 0 saturated heterocycles. The summed E-state index contributed by atoms with van der Waals surface area (Å²) in [5, 5.41) is 2.98. The van der Waals surface area contributed by atoms with Gasteiger partial charge in [0.05, 0.1) is 17.6 Å². The van der Waals surface area contributed by atoms with E-state index in [9.17, 15) is 4.79 Å². The van der Waals surface area contributed by atoms with Crippen molar-refractivity contribution < 1.29 is 9.53 Å². The van der Waals surface area contributed by atoms with Gasteiger partial charge in [0.15, 0.2) is 0 Å². The minimum absolute atomic E-state index is 0.0942. The number of rotatable bonds is 10. The number of nitrogens with one attached hydrogen (secondary N) is 1. The molecule has 0 saturated carbocycles. The number of hydrogen-bond acceptors (Lipinski definition) is 4. The molecule has 4 aromatic rings. The quantitative estimate of drug-likeness (QED) is 0.376. The Balaban J connectivity index is 1.32. The number of benzene rings is 2. The topological polar surface area (TPSA) is 69.0 Å². The number of imidazole rings is 1. The van der Waals surface area contributed by atoms with Crippen molar-refractivity contribution in [3.8, 4) is 5.75 Å². The number of amides is 1. The van der Waals surface area contributed by atoms with Crippen LogP contribution in [0.3, 0.4) is 0 Å². The van der Waals surface area contributed by atoms with Crippen LogP contribution in [0.5, 0.6) is 5.75 Å². The van der Waals surface area contributed by atoms with Crippen LogP contribution < -0.4 is 10.1 Å². The maximum absolute atomic E-state index is 12.3. The third-order valence-electron chi connectivity index (χ3n) is 5.38. The van der Waals surface area contributed by atoms with E-state index >= 15 is 0 Å². The lowest BCUT2D eigenvalue weighted by Crippen LogP contribution is -2.26. The molecule has 164 valence electrons. The van der Waals surface area contributed by atoms with E-state index in [1.54, 1.807) is 24.5 Å². The second kappa shape index (κ2) is 10.6. The molecule has 0 radical (unpaired) electrons. The number of aryl methyl sites for hydroxylation is 2. The largest absolute Gasteiger partial charge is 0.494 e. The fraction of sp³-hybridized carbons (Fsp3) is 0.269. The van der Waals surface area contributed by atoms with Gasteiger partial charge in [-0.3, -0.25) is 9.78 Å². The number of ether oxygens (including phenoxy) is 1. The normalized spacial score (nSPS) is 10.9. The lowest BCUT2D eigenvalue weighted by molar-refractivity contribution is 0.0954. The first kappa shape index (κ1) is 21.6. The summed E-state index contributed by atoms with van der Waals surface area (Å²) in [6.45, 7) is 4.15. The molecule has 1 amide bonds. The molecular formula is C26H28N4O2. The van der Waals surface area contributed by atoms with Crippen LogP contribution in [-0.4, -0.2) is 33.6 Å². The fourth-order valence-electron chi connectivity index (χ4n) is 3.66. The molecule has 32 heavy (non-hydrogen) atoms. The number of fused-ring (bicyclic) bond motifs is 1. The zero-order valence-corrected chi connectivity index (χ0v) is 18.3. The number of carbonyl (C=O) groups excluding carboxylic acids is 1. The summed E-state index contributed by atoms with van der Waals surface area (Å²) in [4.78, 5) is 21.1. The molecule has 2 aromatic carbocycles. The zero-order chi connectivity index (χ0) is 22.2. The molecule has 2 aromatic heterocycles. The molecule has 0 aliphatic carbocycles. The third-order valence-corrected chi connectivity index (χ3v) is 5.38. The second-order valence-electron chi connectivity index (χ2n) is 7.78. The Morgan fingerprint density at radius 2 is 1.78 bits per heavy atom. The van der Waals surface area contributed by atoms with Gasteiger partial charge in [-0.1, -0.05) is 29.8 Å². The molecule has 4 rings (SSSR count). The van der Waals surface area contributed by atoms with E-state index in [4.69, 9.17) is 9.72 Å². The average molecular weight is 429 g/mol. The van der Waals surface area contributed by atoms with Gasteiger partial charge >= 0.3 is 0 Å². The molecular weight excluding hydrogens is 400 g/mol. The summed E-state index contributed by atoms with van der Waals surface area (Å²) in [5.74, 6) is 1.80. The fourth-order valence-corrected chi connectivity index (χ4v) is 3.66. The van der Waals surface area contributed by atoms with Gasteiger partial charge in [-0.2, -0.15) is 0 Å². The summed E-state index contributed by atoms with van der Waals surface area (Å²) in [6.07, 6.45) is 5.86. The summed E-state index contributed by atoms with van der Waals surface area (Å²) >= 11 is 0. The first-order valence-electron chi connectivity index (χ1n) is 11.0. The number of carbonyl (C=O) groups is 1. The van der Waals surface area contributed by atoms with Gasteiger partial charge in [0.2, 0.25) is 0 Å². The number of nitrogens with zero attached hydrogens (tertiary/aromatic N) is 3. The van der Waals surface area contributed by atoms with Crippen LogP contribution in [0.25, 0.3) is 11.0 Å². The molecule has 0 unspecified atom stereocenters. The summed E-state index contributed by atoms with van der Waals surface area (Å²) in [7, 11) is 0. The highest BCUT2D eigenvalue weighted by Gasteiger charge is 2.11. The van der Waals surface area contributed by atoms with E-state index in [2.05, 4.69) is 40.0 Å². The zero-order valence-electron chi connectivity index (χ0n) is 18.3. The predicted molar refractivity (Wildman–Crippen MR) is 126 cm³/mol. The maximum Gasteiger partial charge on any atom is 0.251 e. The lowest BCUT2D eigenvalue weighted by atomic mass is 10.2. The SMILES string of the molecule is Cc1ccc(OCCCCn2c(CCNC(=O)c3ccncc3)nc3ccccc32)cc1. The Bertz CT molecular complexity index is 1150. The highest BCUT2D eigenvalue weighted by molar-refractivity contribution is 5.93. The molecule has 0 fully saturated rings. The van der Waals surface area contributed by atoms with E-state index in [1.165, 1.54) is 5.56 Å². The summed E-state index contributed by atoms with van der Waals surface area (Å²) in [6, 6.07) is 19.7. The van der Waals surface area contributed by atoms with Crippen molar-refractivity contribution in [3.05, 3.63) is 90.0 Å². The number of unbranched alkanes of at least 4 members (excludes halogenated alkanes) is 1. The minimum atomic E-state index is -0.0942. The molecule has 2 heterocycles. The van der Waals surface area contributed by atoms with Crippen molar-refractivity contribution >= 4 is 16.9 Å². The summed E-state index contributed by atoms with van der Waals surface area (Å²) in [5.41, 5.74) is 3.96. The molecule has 0 aliphatic rings. The van der Waals surface area contributed by atoms with Crippen LogP contribution >= 0.6 is 0 Å². The van der Waals surface area contributed by atoms with Gasteiger partial charge in [-0.05, 0) is 56.2 Å². The minimum Gasteiger partial charge on any atom is -0.494 e. The number of para-hydroxylation sites is 2. The van der Waals surface area contributed by atoms with Gasteiger partial charge in [0.25, 0.3) is 5.91 Å². The van der Waals surface area contributed by atoms with E-state index < -0.39 is 0 Å². The van der Waals surface area contributed by atoms with E-state index in [0.717, 1.165) is 42.0 Å². The molecule has 1 N–H and O–H groups in total. The maximum atomic E-state index is 12.3. The van der Waals surface area contributed by atoms with Crippen molar-refractivity contribution in [1.82, 2.24) is 19.9 Å². The number of aromatic nitrogens is 3. The summed E-state index contributed by atoms with van der Waals surface area (Å²) < 4.78 is 8.12. The Morgan fingerprint density at radius 3 is 2.59 bits per heavy atom.